The van der Waals surface area contributed by atoms with Gasteiger partial charge in [0.2, 0.25) is 15.9 Å². The molecule has 20 heavy (non-hydrogen) atoms. The number of carbonyl (C=O) groups is 1. The first kappa shape index (κ1) is 15.9. The molecule has 1 aromatic carbocycles. The Labute approximate surface area is 117 Å². The first-order valence-electron chi connectivity index (χ1n) is 5.80. The topological polar surface area (TPSA) is 139 Å². The first-order chi connectivity index (χ1) is 9.19. The number of benzene rings is 1. The van der Waals surface area contributed by atoms with Gasteiger partial charge < -0.3 is 11.5 Å². The highest BCUT2D eigenvalue weighted by molar-refractivity contribution is 7.89. The molecule has 1 unspecified atom stereocenters. The number of nitrogens with two attached hydrogens (primary N) is 2. The van der Waals surface area contributed by atoms with E-state index in [4.69, 9.17) is 16.7 Å². The number of nitrogens with zero attached hydrogens (tertiary/aromatic N) is 1. The molecule has 0 radical (unpaired) electrons. The van der Waals surface area contributed by atoms with E-state index in [0.717, 1.165) is 0 Å². The van der Waals surface area contributed by atoms with Gasteiger partial charge in [-0.1, -0.05) is 13.8 Å². The van der Waals surface area contributed by atoms with Crippen LogP contribution in [0.25, 0.3) is 0 Å². The van der Waals surface area contributed by atoms with Crippen molar-refractivity contribution < 1.29 is 13.2 Å². The van der Waals surface area contributed by atoms with E-state index >= 15 is 0 Å². The summed E-state index contributed by atoms with van der Waals surface area (Å²) in [5.74, 6) is -1.10. The lowest BCUT2D eigenvalue weighted by Crippen LogP contribution is -2.47. The van der Waals surface area contributed by atoms with Crippen LogP contribution in [-0.4, -0.2) is 20.4 Å². The Bertz CT molecular complexity index is 662. The summed E-state index contributed by atoms with van der Waals surface area (Å²) in [4.78, 5) is 11.0. The van der Waals surface area contributed by atoms with Crippen LogP contribution in [0.1, 0.15) is 19.4 Å². The molecule has 7 nitrogen and oxygen atoms in total. The number of nitrogens with one attached hydrogen (secondary N) is 1. The van der Waals surface area contributed by atoms with Crippen molar-refractivity contribution in [2.45, 2.75) is 24.8 Å². The van der Waals surface area contributed by atoms with E-state index in [1.807, 2.05) is 0 Å². The van der Waals surface area contributed by atoms with E-state index in [1.54, 1.807) is 19.9 Å². The van der Waals surface area contributed by atoms with E-state index in [2.05, 4.69) is 4.72 Å². The number of sulfonamides is 1. The van der Waals surface area contributed by atoms with Gasteiger partial charge in [-0.05, 0) is 24.1 Å². The summed E-state index contributed by atoms with van der Waals surface area (Å²) >= 11 is 0. The van der Waals surface area contributed by atoms with Crippen LogP contribution in [0.4, 0.5) is 5.69 Å². The van der Waals surface area contributed by atoms with Crippen LogP contribution in [0.2, 0.25) is 0 Å². The number of nitriles is 1. The number of hydrogen-bond donors (Lipinski definition) is 3. The van der Waals surface area contributed by atoms with Gasteiger partial charge in [-0.3, -0.25) is 4.79 Å². The highest BCUT2D eigenvalue weighted by Gasteiger charge is 2.28. The van der Waals surface area contributed by atoms with Gasteiger partial charge in [0.25, 0.3) is 0 Å². The normalized spacial score (nSPS) is 12.9. The van der Waals surface area contributed by atoms with Crippen LogP contribution >= 0.6 is 0 Å². The highest BCUT2D eigenvalue weighted by Crippen LogP contribution is 2.19. The summed E-state index contributed by atoms with van der Waals surface area (Å²) in [5, 5.41) is 8.97. The first-order valence-corrected chi connectivity index (χ1v) is 7.28. The number of nitrogen functional groups attached to an aromatic ring is 1. The molecule has 1 aromatic rings. The van der Waals surface area contributed by atoms with Crippen LogP contribution in [0.3, 0.4) is 0 Å². The largest absolute Gasteiger partial charge is 0.399 e. The van der Waals surface area contributed by atoms with Gasteiger partial charge in [0.15, 0.2) is 0 Å². The maximum atomic E-state index is 12.2. The summed E-state index contributed by atoms with van der Waals surface area (Å²) in [7, 11) is -4.04. The van der Waals surface area contributed by atoms with E-state index in [-0.39, 0.29) is 22.1 Å². The average molecular weight is 296 g/mol. The molecule has 0 bridgehead atoms. The third kappa shape index (κ3) is 3.46. The Morgan fingerprint density at radius 2 is 2.00 bits per heavy atom. The van der Waals surface area contributed by atoms with Gasteiger partial charge in [-0.15, -0.1) is 0 Å². The van der Waals surface area contributed by atoms with Gasteiger partial charge in [-0.2, -0.15) is 9.98 Å². The fourth-order valence-corrected chi connectivity index (χ4v) is 3.11. The van der Waals surface area contributed by atoms with Gasteiger partial charge in [0.1, 0.15) is 12.1 Å². The quantitative estimate of drug-likeness (QED) is 0.652. The lowest BCUT2D eigenvalue weighted by Gasteiger charge is -2.19. The Kier molecular flexibility index (Phi) is 4.70. The zero-order chi connectivity index (χ0) is 15.5. The van der Waals surface area contributed by atoms with Crippen molar-refractivity contribution in [2.24, 2.45) is 11.7 Å². The minimum absolute atomic E-state index is 0.0931. The number of anilines is 1. The standard InChI is InChI=1S/C12H16N4O3S/c1-7(2)11(12(15)17)16-20(18,19)10-4-3-9(14)5-8(10)6-13/h3-5,7,11,16H,14H2,1-2H3,(H2,15,17). The average Bonchev–Trinajstić information content (AvgIpc) is 2.34. The zero-order valence-electron chi connectivity index (χ0n) is 11.1. The Hall–Kier alpha value is -2.11. The molecule has 0 spiro atoms. The number of hydrogen-bond acceptors (Lipinski definition) is 5. The Morgan fingerprint density at radius 3 is 2.45 bits per heavy atom. The number of rotatable bonds is 5. The van der Waals surface area contributed by atoms with Crippen molar-refractivity contribution in [1.82, 2.24) is 4.72 Å². The van der Waals surface area contributed by atoms with Gasteiger partial charge >= 0.3 is 0 Å². The maximum absolute atomic E-state index is 12.2. The molecule has 0 aromatic heterocycles. The summed E-state index contributed by atoms with van der Waals surface area (Å²) in [6.07, 6.45) is 0. The second-order valence-electron chi connectivity index (χ2n) is 4.61. The number of carbonyl (C=O) groups excluding carboxylic acids is 1. The molecular weight excluding hydrogens is 280 g/mol. The van der Waals surface area contributed by atoms with E-state index in [9.17, 15) is 13.2 Å². The minimum atomic E-state index is -4.04. The van der Waals surface area contributed by atoms with E-state index in [1.165, 1.54) is 18.2 Å². The highest BCUT2D eigenvalue weighted by atomic mass is 32.2. The molecular formula is C12H16N4O3S. The second kappa shape index (κ2) is 5.90. The molecule has 1 atom stereocenters. The SMILES string of the molecule is CC(C)C(NS(=O)(=O)c1ccc(N)cc1C#N)C(N)=O. The predicted octanol–water partition coefficient (Wildman–Crippen LogP) is -0.0713. The molecule has 0 aliphatic rings. The molecule has 0 fully saturated rings. The fraction of sp³-hybridized carbons (Fsp3) is 0.333. The molecule has 0 aliphatic carbocycles. The molecule has 0 saturated heterocycles. The number of amides is 1. The molecule has 1 amide bonds. The van der Waals surface area contributed by atoms with Crippen molar-refractivity contribution in [1.29, 1.82) is 5.26 Å². The van der Waals surface area contributed by atoms with Crippen LogP contribution in [0, 0.1) is 17.2 Å². The minimum Gasteiger partial charge on any atom is -0.399 e. The summed E-state index contributed by atoms with van der Waals surface area (Å²) in [5.41, 5.74) is 10.9. The lowest BCUT2D eigenvalue weighted by molar-refractivity contribution is -0.120. The molecule has 8 heteroatoms. The third-order valence-electron chi connectivity index (χ3n) is 2.67. The molecule has 0 saturated carbocycles. The van der Waals surface area contributed by atoms with Gasteiger partial charge in [0.05, 0.1) is 10.5 Å². The monoisotopic (exact) mass is 296 g/mol. The summed E-state index contributed by atoms with van der Waals surface area (Å²) in [6.45, 7) is 3.32. The van der Waals surface area contributed by atoms with Crippen molar-refractivity contribution in [3.63, 3.8) is 0 Å². The van der Waals surface area contributed by atoms with Crippen molar-refractivity contribution in [2.75, 3.05) is 5.73 Å². The molecule has 1 rings (SSSR count). The van der Waals surface area contributed by atoms with Gasteiger partial charge in [-0.25, -0.2) is 8.42 Å². The predicted molar refractivity (Wildman–Crippen MR) is 73.7 cm³/mol. The van der Waals surface area contributed by atoms with Crippen LogP contribution in [0.15, 0.2) is 23.1 Å². The molecule has 5 N–H and O–H groups in total. The van der Waals surface area contributed by atoms with Crippen LogP contribution in [0.5, 0.6) is 0 Å². The summed E-state index contributed by atoms with van der Waals surface area (Å²) < 4.78 is 26.7. The fourth-order valence-electron chi connectivity index (χ4n) is 1.62. The van der Waals surface area contributed by atoms with E-state index in [0.29, 0.717) is 0 Å². The zero-order valence-corrected chi connectivity index (χ0v) is 11.9. The Morgan fingerprint density at radius 1 is 1.40 bits per heavy atom. The lowest BCUT2D eigenvalue weighted by atomic mass is 10.1. The maximum Gasteiger partial charge on any atom is 0.242 e. The second-order valence-corrected chi connectivity index (χ2v) is 6.30. The van der Waals surface area contributed by atoms with Crippen molar-refractivity contribution in [3.8, 4) is 6.07 Å². The van der Waals surface area contributed by atoms with Crippen molar-refractivity contribution >= 4 is 21.6 Å². The molecule has 0 aliphatic heterocycles. The number of primary amides is 1. The van der Waals surface area contributed by atoms with Gasteiger partial charge in [0, 0.05) is 5.69 Å². The smallest absolute Gasteiger partial charge is 0.242 e. The molecule has 108 valence electrons. The van der Waals surface area contributed by atoms with E-state index < -0.39 is 22.0 Å². The summed E-state index contributed by atoms with van der Waals surface area (Å²) in [6, 6.07) is 4.54. The van der Waals surface area contributed by atoms with Crippen molar-refractivity contribution in [3.05, 3.63) is 23.8 Å². The Balaban J connectivity index is 3.25. The third-order valence-corrected chi connectivity index (χ3v) is 4.17. The molecule has 0 heterocycles. The van der Waals surface area contributed by atoms with Crippen LogP contribution in [-0.2, 0) is 14.8 Å². The van der Waals surface area contributed by atoms with Crippen LogP contribution < -0.4 is 16.2 Å².